The maximum Gasteiger partial charge on any atom is 0.306 e. The number of likely N-dealkylation sites (tertiary alicyclic amines) is 1. The third-order valence-electron chi connectivity index (χ3n) is 13.0. The number of unbranched alkanes of at least 4 members (excludes halogenated alkanes) is 20. The minimum Gasteiger partial charge on any atom is -0.466 e. The largest absolute Gasteiger partial charge is 0.466 e. The molecular formula is C53H101NO6. The predicted molar refractivity (Wildman–Crippen MR) is 253 cm³/mol. The van der Waals surface area contributed by atoms with Gasteiger partial charge in [0.2, 0.25) is 0 Å². The Bertz CT molecular complexity index is 889. The van der Waals surface area contributed by atoms with Crippen LogP contribution in [0.5, 0.6) is 0 Å². The summed E-state index contributed by atoms with van der Waals surface area (Å²) < 4.78 is 17.4. The molecule has 0 aromatic carbocycles. The molecule has 7 heteroatoms. The summed E-state index contributed by atoms with van der Waals surface area (Å²) in [4.78, 5) is 40.4. The molecule has 0 atom stereocenters. The summed E-state index contributed by atoms with van der Waals surface area (Å²) in [7, 11) is 0. The van der Waals surface area contributed by atoms with Crippen molar-refractivity contribution < 1.29 is 28.6 Å². The van der Waals surface area contributed by atoms with Gasteiger partial charge in [0.05, 0.1) is 13.2 Å². The molecule has 0 N–H and O–H groups in total. The molecule has 0 unspecified atom stereocenters. The van der Waals surface area contributed by atoms with Gasteiger partial charge in [-0.05, 0) is 115 Å². The number of hydrogen-bond acceptors (Lipinski definition) is 7. The Hall–Kier alpha value is -1.63. The fraction of sp³-hybridized carbons (Fsp3) is 0.943. The molecule has 354 valence electrons. The molecule has 60 heavy (non-hydrogen) atoms. The van der Waals surface area contributed by atoms with Crippen LogP contribution in [-0.2, 0) is 28.6 Å². The molecule has 0 aliphatic carbocycles. The van der Waals surface area contributed by atoms with Crippen molar-refractivity contribution in [3.8, 4) is 0 Å². The first kappa shape index (κ1) is 56.4. The summed E-state index contributed by atoms with van der Waals surface area (Å²) >= 11 is 0. The smallest absolute Gasteiger partial charge is 0.306 e. The topological polar surface area (TPSA) is 82.1 Å². The fourth-order valence-corrected chi connectivity index (χ4v) is 9.07. The van der Waals surface area contributed by atoms with Crippen molar-refractivity contribution in [2.45, 2.75) is 278 Å². The van der Waals surface area contributed by atoms with Gasteiger partial charge in [0.15, 0.2) is 0 Å². The Morgan fingerprint density at radius 2 is 0.767 bits per heavy atom. The number of ether oxygens (including phenoxy) is 3. The first-order valence-electron chi connectivity index (χ1n) is 26.6. The first-order valence-corrected chi connectivity index (χ1v) is 26.6. The summed E-state index contributed by atoms with van der Waals surface area (Å²) in [6, 6.07) is 0. The van der Waals surface area contributed by atoms with Crippen LogP contribution in [0.15, 0.2) is 0 Å². The zero-order valence-electron chi connectivity index (χ0n) is 40.5. The number of nitrogens with zero attached hydrogens (tertiary/aromatic N) is 1. The summed E-state index contributed by atoms with van der Waals surface area (Å²) in [6.07, 6.45) is 42.7. The van der Waals surface area contributed by atoms with Crippen LogP contribution in [0, 0.1) is 11.8 Å². The Kier molecular flexibility index (Phi) is 40.1. The van der Waals surface area contributed by atoms with Gasteiger partial charge in [0.1, 0.15) is 6.10 Å². The van der Waals surface area contributed by atoms with Crippen LogP contribution in [-0.4, -0.2) is 61.8 Å². The van der Waals surface area contributed by atoms with E-state index in [-0.39, 0.29) is 24.0 Å². The van der Waals surface area contributed by atoms with E-state index in [1.54, 1.807) is 0 Å². The molecule has 1 aliphatic heterocycles. The minimum atomic E-state index is -0.00684. The molecule has 1 saturated heterocycles. The van der Waals surface area contributed by atoms with Crippen molar-refractivity contribution in [1.29, 1.82) is 0 Å². The molecule has 0 amide bonds. The number of hydrogen-bond donors (Lipinski definition) is 0. The number of carbonyl (C=O) groups is 3. The van der Waals surface area contributed by atoms with Gasteiger partial charge in [-0.15, -0.1) is 0 Å². The van der Waals surface area contributed by atoms with Gasteiger partial charge in [-0.2, -0.15) is 0 Å². The highest BCUT2D eigenvalue weighted by molar-refractivity contribution is 5.70. The highest BCUT2D eigenvalue weighted by atomic mass is 16.5. The van der Waals surface area contributed by atoms with Gasteiger partial charge in [-0.25, -0.2) is 0 Å². The van der Waals surface area contributed by atoms with Gasteiger partial charge >= 0.3 is 17.9 Å². The Labute approximate surface area is 372 Å². The van der Waals surface area contributed by atoms with E-state index in [2.05, 4.69) is 32.6 Å². The summed E-state index contributed by atoms with van der Waals surface area (Å²) in [5.41, 5.74) is 0. The molecule has 0 bridgehead atoms. The van der Waals surface area contributed by atoms with Crippen molar-refractivity contribution >= 4 is 17.9 Å². The lowest BCUT2D eigenvalue weighted by molar-refractivity contribution is -0.150. The van der Waals surface area contributed by atoms with Crippen LogP contribution in [0.1, 0.15) is 272 Å². The average Bonchev–Trinajstić information content (AvgIpc) is 3.76. The van der Waals surface area contributed by atoms with Crippen LogP contribution in [0.3, 0.4) is 0 Å². The normalized spacial score (nSPS) is 13.2. The zero-order chi connectivity index (χ0) is 43.6. The molecule has 0 radical (unpaired) electrons. The monoisotopic (exact) mass is 848 g/mol. The standard InChI is InChI=1S/C53H101NO6/c1-5-9-23-34-48(35-24-10-6-2)46-52(56)58-44-31-21-17-13-15-19-27-38-50(60-51(55)40-33-43-54-41-29-30-42-54)39-28-20-16-14-18-22-32-45-59-53(57)47-49(36-25-11-7-3)37-26-12-8-4/h48-50H,5-47H2,1-4H3. The van der Waals surface area contributed by atoms with Crippen molar-refractivity contribution in [3.05, 3.63) is 0 Å². The zero-order valence-corrected chi connectivity index (χ0v) is 40.5. The molecule has 0 saturated carbocycles. The second kappa shape index (κ2) is 42.7. The second-order valence-corrected chi connectivity index (χ2v) is 18.9. The van der Waals surface area contributed by atoms with E-state index in [9.17, 15) is 14.4 Å². The van der Waals surface area contributed by atoms with E-state index in [1.165, 1.54) is 154 Å². The van der Waals surface area contributed by atoms with E-state index < -0.39 is 0 Å². The van der Waals surface area contributed by atoms with Crippen molar-refractivity contribution in [2.75, 3.05) is 32.8 Å². The molecule has 1 fully saturated rings. The van der Waals surface area contributed by atoms with Crippen molar-refractivity contribution in [2.24, 2.45) is 11.8 Å². The van der Waals surface area contributed by atoms with E-state index >= 15 is 0 Å². The third-order valence-corrected chi connectivity index (χ3v) is 13.0. The van der Waals surface area contributed by atoms with Crippen LogP contribution >= 0.6 is 0 Å². The molecular weight excluding hydrogens is 747 g/mol. The Morgan fingerprint density at radius 1 is 0.417 bits per heavy atom. The number of carbonyl (C=O) groups excluding carboxylic acids is 3. The average molecular weight is 848 g/mol. The quantitative estimate of drug-likeness (QED) is 0.0343. The van der Waals surface area contributed by atoms with Crippen LogP contribution in [0.4, 0.5) is 0 Å². The maximum absolute atomic E-state index is 12.8. The summed E-state index contributed by atoms with van der Waals surface area (Å²) in [5.74, 6) is 1.000. The van der Waals surface area contributed by atoms with Crippen molar-refractivity contribution in [3.63, 3.8) is 0 Å². The number of esters is 3. The molecule has 1 rings (SSSR count). The highest BCUT2D eigenvalue weighted by Crippen LogP contribution is 2.24. The SMILES string of the molecule is CCCCCC(CCCCC)CC(=O)OCCCCCCCCCC(CCCCCCCCCOC(=O)CC(CCCCC)CCCCC)OC(=O)CCCN1CCCC1. The van der Waals surface area contributed by atoms with Crippen LogP contribution in [0.2, 0.25) is 0 Å². The summed E-state index contributed by atoms with van der Waals surface area (Å²) in [5, 5.41) is 0. The van der Waals surface area contributed by atoms with Gasteiger partial charge in [-0.1, -0.05) is 169 Å². The highest BCUT2D eigenvalue weighted by Gasteiger charge is 2.18. The Balaban J connectivity index is 2.25. The number of rotatable bonds is 45. The van der Waals surface area contributed by atoms with Gasteiger partial charge in [0.25, 0.3) is 0 Å². The lowest BCUT2D eigenvalue weighted by Gasteiger charge is -2.19. The minimum absolute atomic E-state index is 0.00684. The molecule has 0 spiro atoms. The molecule has 1 aliphatic rings. The first-order chi connectivity index (χ1) is 29.4. The van der Waals surface area contributed by atoms with E-state index in [1.807, 2.05) is 0 Å². The van der Waals surface area contributed by atoms with Gasteiger partial charge in [-0.3, -0.25) is 14.4 Å². The lowest BCUT2D eigenvalue weighted by atomic mass is 9.92. The van der Waals surface area contributed by atoms with E-state index in [0.29, 0.717) is 44.3 Å². The van der Waals surface area contributed by atoms with Crippen molar-refractivity contribution in [1.82, 2.24) is 4.90 Å². The van der Waals surface area contributed by atoms with Gasteiger partial charge in [0, 0.05) is 19.3 Å². The Morgan fingerprint density at radius 3 is 1.15 bits per heavy atom. The van der Waals surface area contributed by atoms with Crippen LogP contribution < -0.4 is 0 Å². The molecule has 0 aromatic heterocycles. The predicted octanol–water partition coefficient (Wildman–Crippen LogP) is 15.4. The third kappa shape index (κ3) is 35.9. The van der Waals surface area contributed by atoms with E-state index in [4.69, 9.17) is 14.2 Å². The fourth-order valence-electron chi connectivity index (χ4n) is 9.07. The molecule has 7 nitrogen and oxygen atoms in total. The second-order valence-electron chi connectivity index (χ2n) is 18.9. The summed E-state index contributed by atoms with van der Waals surface area (Å²) in [6.45, 7) is 13.5. The lowest BCUT2D eigenvalue weighted by Crippen LogP contribution is -2.23. The maximum atomic E-state index is 12.8. The van der Waals surface area contributed by atoms with Gasteiger partial charge < -0.3 is 19.1 Å². The molecule has 0 aromatic rings. The van der Waals surface area contributed by atoms with Crippen LogP contribution in [0.25, 0.3) is 0 Å². The molecule has 1 heterocycles. The van der Waals surface area contributed by atoms with E-state index in [0.717, 1.165) is 90.0 Å².